The Balaban J connectivity index is 2.25. The van der Waals surface area contributed by atoms with Gasteiger partial charge in [0.15, 0.2) is 0 Å². The molecule has 0 aliphatic carbocycles. The molecule has 0 spiro atoms. The second kappa shape index (κ2) is 4.97. The van der Waals surface area contributed by atoms with E-state index >= 15 is 0 Å². The highest BCUT2D eigenvalue weighted by Gasteiger charge is 2.09. The summed E-state index contributed by atoms with van der Waals surface area (Å²) in [5.41, 5.74) is 8.08. The average Bonchev–Trinajstić information content (AvgIpc) is 2.33. The smallest absolute Gasteiger partial charge is 0.255 e. The summed E-state index contributed by atoms with van der Waals surface area (Å²) in [6.07, 6.45) is 1.58. The summed E-state index contributed by atoms with van der Waals surface area (Å²) in [6, 6.07) is 8.10. The van der Waals surface area contributed by atoms with Crippen molar-refractivity contribution >= 4 is 17.3 Å². The Kier molecular flexibility index (Phi) is 3.37. The van der Waals surface area contributed by atoms with Gasteiger partial charge in [0.2, 0.25) is 5.56 Å². The minimum atomic E-state index is -0.226. The fraction of sp³-hybridized carbons (Fsp3) is 0.143. The van der Waals surface area contributed by atoms with Crippen LogP contribution in [0.4, 0.5) is 11.4 Å². The normalized spacial score (nSPS) is 10.2. The number of aryl methyl sites for hydroxylation is 2. The zero-order valence-electron chi connectivity index (χ0n) is 10.8. The third-order valence-electron chi connectivity index (χ3n) is 2.84. The number of hydrogen-bond acceptors (Lipinski definition) is 3. The number of rotatable bonds is 2. The number of pyridine rings is 1. The first-order valence-corrected chi connectivity index (χ1v) is 5.81. The van der Waals surface area contributed by atoms with Gasteiger partial charge in [-0.2, -0.15) is 0 Å². The quantitative estimate of drug-likeness (QED) is 0.801. The van der Waals surface area contributed by atoms with Crippen LogP contribution in [0.1, 0.15) is 15.9 Å². The molecule has 5 heteroatoms. The highest BCUT2D eigenvalue weighted by Crippen LogP contribution is 2.14. The first-order chi connectivity index (χ1) is 8.97. The molecule has 3 N–H and O–H groups in total. The fourth-order valence-electron chi connectivity index (χ4n) is 1.81. The van der Waals surface area contributed by atoms with E-state index in [1.807, 2.05) is 6.92 Å². The average molecular weight is 257 g/mol. The third kappa shape index (κ3) is 2.82. The summed E-state index contributed by atoms with van der Waals surface area (Å²) in [4.78, 5) is 23.4. The molecule has 0 aliphatic heterocycles. The van der Waals surface area contributed by atoms with Gasteiger partial charge in [0, 0.05) is 30.6 Å². The molecule has 1 aromatic heterocycles. The van der Waals surface area contributed by atoms with Crippen LogP contribution in [-0.4, -0.2) is 10.5 Å². The molecule has 0 atom stereocenters. The Labute approximate surface area is 110 Å². The molecule has 0 bridgehead atoms. The van der Waals surface area contributed by atoms with Gasteiger partial charge in [-0.15, -0.1) is 0 Å². The number of carbonyl (C=O) groups is 1. The number of carbonyl (C=O) groups excluding carboxylic acids is 1. The second-order valence-corrected chi connectivity index (χ2v) is 4.40. The van der Waals surface area contributed by atoms with Gasteiger partial charge < -0.3 is 15.6 Å². The lowest BCUT2D eigenvalue weighted by molar-refractivity contribution is 0.102. The maximum absolute atomic E-state index is 12.1. The van der Waals surface area contributed by atoms with Crippen molar-refractivity contribution in [3.63, 3.8) is 0 Å². The third-order valence-corrected chi connectivity index (χ3v) is 2.84. The van der Waals surface area contributed by atoms with Gasteiger partial charge >= 0.3 is 0 Å². The lowest BCUT2D eigenvalue weighted by Gasteiger charge is -2.09. The predicted molar refractivity (Wildman–Crippen MR) is 75.2 cm³/mol. The van der Waals surface area contributed by atoms with Gasteiger partial charge in [0.25, 0.3) is 5.91 Å². The number of aromatic nitrogens is 1. The Hall–Kier alpha value is -2.56. The number of anilines is 2. The Morgan fingerprint density at radius 2 is 2.00 bits per heavy atom. The van der Waals surface area contributed by atoms with Gasteiger partial charge in [-0.25, -0.2) is 0 Å². The van der Waals surface area contributed by atoms with E-state index < -0.39 is 0 Å². The zero-order chi connectivity index (χ0) is 14.0. The maximum Gasteiger partial charge on any atom is 0.255 e. The maximum atomic E-state index is 12.1. The van der Waals surface area contributed by atoms with Crippen LogP contribution in [0, 0.1) is 6.92 Å². The molecule has 0 aliphatic rings. The Morgan fingerprint density at radius 1 is 1.26 bits per heavy atom. The van der Waals surface area contributed by atoms with Gasteiger partial charge in [0.05, 0.1) is 5.69 Å². The first kappa shape index (κ1) is 12.9. The van der Waals surface area contributed by atoms with Crippen molar-refractivity contribution in [1.29, 1.82) is 0 Å². The van der Waals surface area contributed by atoms with Crippen LogP contribution in [0.5, 0.6) is 0 Å². The van der Waals surface area contributed by atoms with Gasteiger partial charge in [-0.3, -0.25) is 9.59 Å². The minimum absolute atomic E-state index is 0.123. The topological polar surface area (TPSA) is 77.1 Å². The molecule has 98 valence electrons. The van der Waals surface area contributed by atoms with Crippen LogP contribution in [0.2, 0.25) is 0 Å². The molecule has 2 aromatic rings. The number of nitrogens with zero attached hydrogens (tertiary/aromatic N) is 1. The van der Waals surface area contributed by atoms with Gasteiger partial charge in [-0.05, 0) is 36.8 Å². The molecular formula is C14H15N3O2. The summed E-state index contributed by atoms with van der Waals surface area (Å²) in [7, 11) is 1.63. The van der Waals surface area contributed by atoms with Crippen molar-refractivity contribution in [2.75, 3.05) is 11.1 Å². The highest BCUT2D eigenvalue weighted by molar-refractivity contribution is 6.05. The number of amides is 1. The van der Waals surface area contributed by atoms with Crippen molar-refractivity contribution in [2.45, 2.75) is 6.92 Å². The summed E-state index contributed by atoms with van der Waals surface area (Å²) < 4.78 is 1.41. The molecule has 19 heavy (non-hydrogen) atoms. The fourth-order valence-corrected chi connectivity index (χ4v) is 1.81. The summed E-state index contributed by atoms with van der Waals surface area (Å²) in [5, 5.41) is 2.75. The van der Waals surface area contributed by atoms with Crippen LogP contribution < -0.4 is 16.6 Å². The summed E-state index contributed by atoms with van der Waals surface area (Å²) in [5.74, 6) is -0.226. The molecule has 1 amide bonds. The first-order valence-electron chi connectivity index (χ1n) is 5.81. The van der Waals surface area contributed by atoms with Crippen molar-refractivity contribution in [3.8, 4) is 0 Å². The molecule has 2 rings (SSSR count). The lowest BCUT2D eigenvalue weighted by Crippen LogP contribution is -2.18. The standard InChI is InChI=1S/C14H15N3O2/c1-9-7-10(15)3-5-12(9)14(19)16-11-4-6-13(18)17(2)8-11/h3-8H,15H2,1-2H3,(H,16,19). The zero-order valence-corrected chi connectivity index (χ0v) is 10.8. The summed E-state index contributed by atoms with van der Waals surface area (Å²) in [6.45, 7) is 1.83. The molecule has 0 saturated heterocycles. The minimum Gasteiger partial charge on any atom is -0.399 e. The summed E-state index contributed by atoms with van der Waals surface area (Å²) >= 11 is 0. The number of hydrogen-bond donors (Lipinski definition) is 2. The van der Waals surface area contributed by atoms with Crippen molar-refractivity contribution in [2.24, 2.45) is 7.05 Å². The largest absolute Gasteiger partial charge is 0.399 e. The Morgan fingerprint density at radius 3 is 2.63 bits per heavy atom. The molecule has 0 radical (unpaired) electrons. The Bertz CT molecular complexity index is 689. The number of nitrogen functional groups attached to an aromatic ring is 1. The molecule has 0 unspecified atom stereocenters. The van der Waals surface area contributed by atoms with Crippen LogP contribution in [-0.2, 0) is 7.05 Å². The molecule has 5 nitrogen and oxygen atoms in total. The molecule has 1 heterocycles. The van der Waals surface area contributed by atoms with E-state index in [-0.39, 0.29) is 11.5 Å². The van der Waals surface area contributed by atoms with Gasteiger partial charge in [0.1, 0.15) is 0 Å². The van der Waals surface area contributed by atoms with Gasteiger partial charge in [-0.1, -0.05) is 0 Å². The van der Waals surface area contributed by atoms with Crippen LogP contribution in [0.25, 0.3) is 0 Å². The van der Waals surface area contributed by atoms with Crippen molar-refractivity contribution < 1.29 is 4.79 Å². The van der Waals surface area contributed by atoms with E-state index in [2.05, 4.69) is 5.32 Å². The van der Waals surface area contributed by atoms with E-state index in [0.29, 0.717) is 16.9 Å². The molecular weight excluding hydrogens is 242 g/mol. The molecule has 0 saturated carbocycles. The van der Waals surface area contributed by atoms with Crippen LogP contribution in [0.15, 0.2) is 41.3 Å². The van der Waals surface area contributed by atoms with E-state index in [1.54, 1.807) is 37.5 Å². The van der Waals surface area contributed by atoms with E-state index in [4.69, 9.17) is 5.73 Å². The highest BCUT2D eigenvalue weighted by atomic mass is 16.1. The van der Waals surface area contributed by atoms with Crippen molar-refractivity contribution in [1.82, 2.24) is 4.57 Å². The van der Waals surface area contributed by atoms with E-state index in [1.165, 1.54) is 10.6 Å². The lowest BCUT2D eigenvalue weighted by atomic mass is 10.1. The van der Waals surface area contributed by atoms with E-state index in [0.717, 1.165) is 5.56 Å². The monoisotopic (exact) mass is 257 g/mol. The van der Waals surface area contributed by atoms with Crippen molar-refractivity contribution in [3.05, 3.63) is 58.0 Å². The van der Waals surface area contributed by atoms with Crippen LogP contribution >= 0.6 is 0 Å². The number of nitrogens with one attached hydrogen (secondary N) is 1. The second-order valence-electron chi connectivity index (χ2n) is 4.40. The molecule has 1 aromatic carbocycles. The van der Waals surface area contributed by atoms with E-state index in [9.17, 15) is 9.59 Å². The number of nitrogens with two attached hydrogens (primary N) is 1. The molecule has 0 fully saturated rings. The SMILES string of the molecule is Cc1cc(N)ccc1C(=O)Nc1ccc(=O)n(C)c1. The number of benzene rings is 1. The predicted octanol–water partition coefficient (Wildman–Crippen LogP) is 1.53. The van der Waals surface area contributed by atoms with Crippen LogP contribution in [0.3, 0.4) is 0 Å².